The molecular formula is C30H29N7O4. The summed E-state index contributed by atoms with van der Waals surface area (Å²) >= 11 is 0. The third kappa shape index (κ3) is 4.12. The minimum Gasteiger partial charge on any atom is -0.341 e. The quantitative estimate of drug-likeness (QED) is 0.334. The molecule has 1 fully saturated rings. The number of likely N-dealkylation sites (tertiary alicyclic amines) is 1. The molecule has 4 aromatic rings. The Bertz CT molecular complexity index is 1810. The molecule has 208 valence electrons. The van der Waals surface area contributed by atoms with Crippen LogP contribution in [-0.4, -0.2) is 61.6 Å². The van der Waals surface area contributed by atoms with E-state index in [1.54, 1.807) is 16.8 Å². The molecule has 3 aromatic heterocycles. The molecule has 6 heterocycles. The van der Waals surface area contributed by atoms with Crippen LogP contribution in [0.1, 0.15) is 43.0 Å². The van der Waals surface area contributed by atoms with Crippen LogP contribution >= 0.6 is 0 Å². The highest BCUT2D eigenvalue weighted by Gasteiger charge is 2.36. The smallest absolute Gasteiger partial charge is 0.261 e. The van der Waals surface area contributed by atoms with Crippen LogP contribution < -0.4 is 16.0 Å². The van der Waals surface area contributed by atoms with Crippen molar-refractivity contribution in [2.24, 2.45) is 0 Å². The lowest BCUT2D eigenvalue weighted by Gasteiger charge is -2.30. The van der Waals surface area contributed by atoms with E-state index in [2.05, 4.69) is 20.9 Å². The molecule has 0 bridgehead atoms. The average Bonchev–Trinajstić information content (AvgIpc) is 3.58. The second-order valence-corrected chi connectivity index (χ2v) is 10.8. The van der Waals surface area contributed by atoms with Crippen molar-refractivity contribution < 1.29 is 19.2 Å². The molecule has 3 aliphatic heterocycles. The van der Waals surface area contributed by atoms with Crippen molar-refractivity contribution in [3.63, 3.8) is 0 Å². The maximum Gasteiger partial charge on any atom is 0.261 e. The molecule has 41 heavy (non-hydrogen) atoms. The van der Waals surface area contributed by atoms with E-state index in [1.165, 1.54) is 6.92 Å². The number of aromatic nitrogens is 3. The van der Waals surface area contributed by atoms with Crippen LogP contribution in [0, 0.1) is 0 Å². The van der Waals surface area contributed by atoms with Crippen LogP contribution in [0.4, 0.5) is 5.82 Å². The third-order valence-corrected chi connectivity index (χ3v) is 8.19. The van der Waals surface area contributed by atoms with Gasteiger partial charge in [-0.25, -0.2) is 4.98 Å². The lowest BCUT2D eigenvalue weighted by atomic mass is 9.95. The summed E-state index contributed by atoms with van der Waals surface area (Å²) in [5, 5.41) is 9.52. The standard InChI is InChI=1S/C30H29N7O4/c1-17(38)33-24-13-20-19(25-26(29(40)34-28(25)39)22-15-32-23-7-3-6-12-36(22)23)9-8-18-14-31-21(16-37(24)27(18)20)30(41)35-10-4-2-5-11-35/h3,6-9,12-13,15,21,31H,2,4-5,10-11,14,16H2,1H3,(H,33,38)(H,34,39,40). The SMILES string of the molecule is CC(=O)Nc1cc2c(C3=C(c4cnc5ccccn45)C(=O)NC3=O)ccc3c2n1CC(C(=O)N1CCCCC1)NC3. The van der Waals surface area contributed by atoms with Gasteiger partial charge in [0, 0.05) is 44.7 Å². The van der Waals surface area contributed by atoms with Gasteiger partial charge in [0.2, 0.25) is 11.8 Å². The summed E-state index contributed by atoms with van der Waals surface area (Å²) in [5.74, 6) is -0.657. The second kappa shape index (κ2) is 9.70. The minimum atomic E-state index is -0.495. The highest BCUT2D eigenvalue weighted by Crippen LogP contribution is 2.39. The van der Waals surface area contributed by atoms with Gasteiger partial charge in [-0.1, -0.05) is 18.2 Å². The Hall–Kier alpha value is -4.77. The molecule has 11 heteroatoms. The number of imide groups is 1. The Morgan fingerprint density at radius 3 is 2.63 bits per heavy atom. The molecule has 11 nitrogen and oxygen atoms in total. The number of amides is 4. The van der Waals surface area contributed by atoms with E-state index < -0.39 is 17.9 Å². The third-order valence-electron chi connectivity index (χ3n) is 8.19. The number of imidazole rings is 1. The Kier molecular flexibility index (Phi) is 5.97. The zero-order valence-electron chi connectivity index (χ0n) is 22.6. The normalized spacial score (nSPS) is 19.1. The van der Waals surface area contributed by atoms with E-state index in [4.69, 9.17) is 0 Å². The monoisotopic (exact) mass is 551 g/mol. The van der Waals surface area contributed by atoms with E-state index in [0.29, 0.717) is 41.2 Å². The highest BCUT2D eigenvalue weighted by molar-refractivity contribution is 6.49. The van der Waals surface area contributed by atoms with Crippen LogP contribution in [0.25, 0.3) is 27.7 Å². The van der Waals surface area contributed by atoms with E-state index in [1.807, 2.05) is 45.9 Å². The molecule has 1 atom stereocenters. The summed E-state index contributed by atoms with van der Waals surface area (Å²) in [5.41, 5.74) is 3.96. The fourth-order valence-corrected chi connectivity index (χ4v) is 6.34. The molecule has 1 aromatic carbocycles. The summed E-state index contributed by atoms with van der Waals surface area (Å²) in [4.78, 5) is 58.6. The predicted molar refractivity (Wildman–Crippen MR) is 152 cm³/mol. The fraction of sp³-hybridized carbons (Fsp3) is 0.300. The Morgan fingerprint density at radius 1 is 1.02 bits per heavy atom. The van der Waals surface area contributed by atoms with Gasteiger partial charge in [0.1, 0.15) is 17.5 Å². The van der Waals surface area contributed by atoms with Crippen molar-refractivity contribution in [3.8, 4) is 0 Å². The summed E-state index contributed by atoms with van der Waals surface area (Å²) in [6.07, 6.45) is 6.52. The van der Waals surface area contributed by atoms with Gasteiger partial charge in [-0.15, -0.1) is 0 Å². The lowest BCUT2D eigenvalue weighted by Crippen LogP contribution is -2.49. The molecule has 3 N–H and O–H groups in total. The molecular weight excluding hydrogens is 522 g/mol. The van der Waals surface area contributed by atoms with E-state index in [0.717, 1.165) is 43.4 Å². The summed E-state index contributed by atoms with van der Waals surface area (Å²) in [6, 6.07) is 10.6. The van der Waals surface area contributed by atoms with Crippen molar-refractivity contribution in [2.75, 3.05) is 18.4 Å². The maximum absolute atomic E-state index is 13.5. The van der Waals surface area contributed by atoms with Crippen LogP contribution in [0.15, 0.2) is 48.8 Å². The van der Waals surface area contributed by atoms with E-state index in [9.17, 15) is 19.2 Å². The van der Waals surface area contributed by atoms with Gasteiger partial charge in [-0.2, -0.15) is 0 Å². The molecule has 0 radical (unpaired) electrons. The van der Waals surface area contributed by atoms with Gasteiger partial charge in [-0.05, 0) is 48.6 Å². The van der Waals surface area contributed by atoms with Crippen molar-refractivity contribution in [2.45, 2.75) is 45.3 Å². The van der Waals surface area contributed by atoms with Gasteiger partial charge in [0.05, 0.1) is 28.6 Å². The van der Waals surface area contributed by atoms with Gasteiger partial charge in [-0.3, -0.25) is 28.9 Å². The molecule has 0 saturated carbocycles. The van der Waals surface area contributed by atoms with Crippen LogP contribution in [0.3, 0.4) is 0 Å². The number of carbonyl (C=O) groups excluding carboxylic acids is 4. The number of pyridine rings is 1. The van der Waals surface area contributed by atoms with E-state index >= 15 is 0 Å². The average molecular weight is 552 g/mol. The molecule has 0 spiro atoms. The van der Waals surface area contributed by atoms with Crippen molar-refractivity contribution in [1.82, 2.24) is 29.5 Å². The number of carbonyl (C=O) groups is 4. The zero-order valence-corrected chi connectivity index (χ0v) is 22.6. The van der Waals surface area contributed by atoms with Gasteiger partial charge in [0.25, 0.3) is 11.8 Å². The Labute approximate surface area is 235 Å². The predicted octanol–water partition coefficient (Wildman–Crippen LogP) is 2.30. The number of nitrogens with zero attached hydrogens (tertiary/aromatic N) is 4. The van der Waals surface area contributed by atoms with Crippen molar-refractivity contribution >= 4 is 57.1 Å². The van der Waals surface area contributed by atoms with Gasteiger partial charge >= 0.3 is 0 Å². The molecule has 7 rings (SSSR count). The number of benzene rings is 1. The number of hydrogen-bond donors (Lipinski definition) is 3. The number of rotatable bonds is 4. The first kappa shape index (κ1) is 25.2. The summed E-state index contributed by atoms with van der Waals surface area (Å²) in [6.45, 7) is 3.69. The molecule has 1 saturated heterocycles. The maximum atomic E-state index is 13.5. The highest BCUT2D eigenvalue weighted by atomic mass is 16.2. The van der Waals surface area contributed by atoms with Crippen LogP contribution in [0.5, 0.6) is 0 Å². The Balaban J connectivity index is 1.40. The largest absolute Gasteiger partial charge is 0.341 e. The second-order valence-electron chi connectivity index (χ2n) is 10.8. The number of fused-ring (bicyclic) bond motifs is 1. The summed E-state index contributed by atoms with van der Waals surface area (Å²) in [7, 11) is 0. The molecule has 0 aliphatic carbocycles. The number of anilines is 1. The van der Waals surface area contributed by atoms with Gasteiger partial charge in [0.15, 0.2) is 0 Å². The fourth-order valence-electron chi connectivity index (χ4n) is 6.34. The molecule has 1 unspecified atom stereocenters. The zero-order chi connectivity index (χ0) is 28.2. The van der Waals surface area contributed by atoms with Crippen LogP contribution in [0.2, 0.25) is 0 Å². The topological polar surface area (TPSA) is 130 Å². The number of piperidine rings is 1. The first-order valence-corrected chi connectivity index (χ1v) is 13.9. The lowest BCUT2D eigenvalue weighted by molar-refractivity contribution is -0.134. The minimum absolute atomic E-state index is 0.0479. The van der Waals surface area contributed by atoms with Crippen LogP contribution in [-0.2, 0) is 32.3 Å². The Morgan fingerprint density at radius 2 is 1.83 bits per heavy atom. The van der Waals surface area contributed by atoms with Crippen molar-refractivity contribution in [3.05, 3.63) is 65.6 Å². The molecule has 4 amide bonds. The summed E-state index contributed by atoms with van der Waals surface area (Å²) < 4.78 is 3.73. The number of hydrogen-bond acceptors (Lipinski definition) is 6. The molecule has 3 aliphatic rings. The van der Waals surface area contributed by atoms with Crippen molar-refractivity contribution in [1.29, 1.82) is 0 Å². The van der Waals surface area contributed by atoms with E-state index in [-0.39, 0.29) is 23.0 Å². The number of nitrogens with one attached hydrogen (secondary N) is 3. The first-order valence-electron chi connectivity index (χ1n) is 13.9. The first-order chi connectivity index (χ1) is 19.9. The van der Waals surface area contributed by atoms with Gasteiger partial charge < -0.3 is 20.1 Å².